The topological polar surface area (TPSA) is 35.8 Å². The lowest BCUT2D eigenvalue weighted by atomic mass is 9.76. The molecule has 3 unspecified atom stereocenters. The van der Waals surface area contributed by atoms with Crippen LogP contribution in [-0.2, 0) is 0 Å². The molecule has 0 aromatic heterocycles. The van der Waals surface area contributed by atoms with Crippen molar-refractivity contribution in [1.82, 2.24) is 5.32 Å². The Balaban J connectivity index is 0.000000290. The number of hydrogen-bond acceptors (Lipinski definition) is 2. The summed E-state index contributed by atoms with van der Waals surface area (Å²) in [5.74, 6) is -0.785. The molecule has 1 aliphatic rings. The van der Waals surface area contributed by atoms with E-state index < -0.39 is 5.82 Å². The van der Waals surface area contributed by atoms with E-state index in [4.69, 9.17) is 11.6 Å². The standard InChI is InChI=1S/C15H18ClFN2.C6H5Br/c1-15(2,3)14-10(7-18)11(8-19-14)9-5-4-6-12(16)13(9)17;7-6-4-2-1-3-5-6/h4-6,10-11,14,19H,8H2,1-3H3;1-5H. The van der Waals surface area contributed by atoms with Gasteiger partial charge in [0.05, 0.1) is 17.0 Å². The fourth-order valence-corrected chi connectivity index (χ4v) is 3.76. The molecule has 1 fully saturated rings. The molecule has 3 atom stereocenters. The van der Waals surface area contributed by atoms with Gasteiger partial charge in [0.25, 0.3) is 0 Å². The second-order valence-corrected chi connectivity index (χ2v) is 8.77. The van der Waals surface area contributed by atoms with Crippen LogP contribution in [0.1, 0.15) is 32.3 Å². The molecule has 138 valence electrons. The maximum absolute atomic E-state index is 14.1. The van der Waals surface area contributed by atoms with Gasteiger partial charge < -0.3 is 5.32 Å². The summed E-state index contributed by atoms with van der Waals surface area (Å²) in [6.07, 6.45) is 0. The van der Waals surface area contributed by atoms with E-state index in [0.717, 1.165) is 4.47 Å². The Morgan fingerprint density at radius 1 is 1.15 bits per heavy atom. The lowest BCUT2D eigenvalue weighted by Gasteiger charge is -2.30. The van der Waals surface area contributed by atoms with Crippen molar-refractivity contribution < 1.29 is 4.39 Å². The van der Waals surface area contributed by atoms with Crippen molar-refractivity contribution in [2.75, 3.05) is 6.54 Å². The van der Waals surface area contributed by atoms with E-state index in [1.165, 1.54) is 6.07 Å². The Morgan fingerprint density at radius 2 is 1.81 bits per heavy atom. The van der Waals surface area contributed by atoms with E-state index in [2.05, 4.69) is 48.1 Å². The molecule has 1 heterocycles. The van der Waals surface area contributed by atoms with Crippen LogP contribution < -0.4 is 5.32 Å². The smallest absolute Gasteiger partial charge is 0.145 e. The van der Waals surface area contributed by atoms with Gasteiger partial charge in [-0.05, 0) is 29.2 Å². The lowest BCUT2D eigenvalue weighted by Crippen LogP contribution is -2.39. The van der Waals surface area contributed by atoms with Crippen LogP contribution in [0.25, 0.3) is 0 Å². The molecule has 3 rings (SSSR count). The van der Waals surface area contributed by atoms with E-state index in [-0.39, 0.29) is 28.3 Å². The third kappa shape index (κ3) is 5.07. The molecule has 1 N–H and O–H groups in total. The summed E-state index contributed by atoms with van der Waals surface area (Å²) in [7, 11) is 0. The number of hydrogen-bond donors (Lipinski definition) is 1. The molecule has 0 radical (unpaired) electrons. The van der Waals surface area contributed by atoms with Crippen LogP contribution in [0, 0.1) is 28.5 Å². The predicted molar refractivity (Wildman–Crippen MR) is 109 cm³/mol. The van der Waals surface area contributed by atoms with E-state index in [0.29, 0.717) is 12.1 Å². The van der Waals surface area contributed by atoms with Crippen molar-refractivity contribution in [3.05, 3.63) is 69.4 Å². The number of benzene rings is 2. The molecule has 1 aliphatic heterocycles. The Morgan fingerprint density at radius 3 is 2.31 bits per heavy atom. The van der Waals surface area contributed by atoms with Crippen molar-refractivity contribution in [1.29, 1.82) is 5.26 Å². The van der Waals surface area contributed by atoms with Gasteiger partial charge in [-0.15, -0.1) is 0 Å². The Labute approximate surface area is 168 Å². The first-order chi connectivity index (χ1) is 12.3. The fourth-order valence-electron chi connectivity index (χ4n) is 3.27. The van der Waals surface area contributed by atoms with Gasteiger partial charge in [0.1, 0.15) is 5.82 Å². The molecule has 0 amide bonds. The first-order valence-corrected chi connectivity index (χ1v) is 9.70. The quantitative estimate of drug-likeness (QED) is 0.579. The molecule has 0 aliphatic carbocycles. The Bertz CT molecular complexity index is 768. The summed E-state index contributed by atoms with van der Waals surface area (Å²) in [4.78, 5) is 0. The van der Waals surface area contributed by atoms with E-state index in [1.54, 1.807) is 12.1 Å². The normalized spacial score (nSPS) is 22.3. The van der Waals surface area contributed by atoms with Gasteiger partial charge in [-0.1, -0.05) is 78.6 Å². The van der Waals surface area contributed by atoms with Gasteiger partial charge in [0.15, 0.2) is 0 Å². The summed E-state index contributed by atoms with van der Waals surface area (Å²) < 4.78 is 15.3. The third-order valence-electron chi connectivity index (χ3n) is 4.55. The molecule has 1 saturated heterocycles. The van der Waals surface area contributed by atoms with Gasteiger partial charge in [-0.2, -0.15) is 5.26 Å². The maximum atomic E-state index is 14.1. The minimum Gasteiger partial charge on any atom is -0.311 e. The number of nitrogens with zero attached hydrogens (tertiary/aromatic N) is 1. The zero-order chi connectivity index (χ0) is 19.3. The second kappa shape index (κ2) is 8.99. The molecule has 2 aromatic carbocycles. The Kier molecular flexibility index (Phi) is 7.23. The van der Waals surface area contributed by atoms with Crippen LogP contribution in [0.4, 0.5) is 4.39 Å². The number of nitrogens with one attached hydrogen (secondary N) is 1. The van der Waals surface area contributed by atoms with Crippen molar-refractivity contribution in [3.8, 4) is 6.07 Å². The van der Waals surface area contributed by atoms with Gasteiger partial charge in [-0.25, -0.2) is 4.39 Å². The maximum Gasteiger partial charge on any atom is 0.145 e. The minimum atomic E-state index is -0.397. The molecule has 0 bridgehead atoms. The fraction of sp³-hybridized carbons (Fsp3) is 0.381. The second-order valence-electron chi connectivity index (χ2n) is 7.45. The SMILES string of the molecule is Brc1ccccc1.CC(C)(C)C1NCC(c2cccc(Cl)c2F)C1C#N. The van der Waals surface area contributed by atoms with Gasteiger partial charge in [-0.3, -0.25) is 0 Å². The minimum absolute atomic E-state index is 0.0375. The highest BCUT2D eigenvalue weighted by molar-refractivity contribution is 9.10. The Hall–Kier alpha value is -1.41. The number of halogens is 3. The average Bonchev–Trinajstić information content (AvgIpc) is 3.03. The zero-order valence-corrected chi connectivity index (χ0v) is 17.5. The van der Waals surface area contributed by atoms with Crippen LogP contribution in [-0.4, -0.2) is 12.6 Å². The van der Waals surface area contributed by atoms with Gasteiger partial charge in [0.2, 0.25) is 0 Å². The summed E-state index contributed by atoms with van der Waals surface area (Å²) in [5.41, 5.74) is 0.503. The summed E-state index contributed by atoms with van der Waals surface area (Å²) in [6.45, 7) is 6.88. The van der Waals surface area contributed by atoms with Crippen LogP contribution in [0.15, 0.2) is 53.0 Å². The molecular formula is C21H23BrClFN2. The molecule has 26 heavy (non-hydrogen) atoms. The van der Waals surface area contributed by atoms with Gasteiger partial charge >= 0.3 is 0 Å². The largest absolute Gasteiger partial charge is 0.311 e. The van der Waals surface area contributed by atoms with Crippen LogP contribution >= 0.6 is 27.5 Å². The summed E-state index contributed by atoms with van der Waals surface area (Å²) in [6, 6.07) is 17.4. The molecular weight excluding hydrogens is 415 g/mol. The highest BCUT2D eigenvalue weighted by Gasteiger charge is 2.43. The third-order valence-corrected chi connectivity index (χ3v) is 5.37. The van der Waals surface area contributed by atoms with Crippen molar-refractivity contribution >= 4 is 27.5 Å². The van der Waals surface area contributed by atoms with E-state index in [9.17, 15) is 9.65 Å². The van der Waals surface area contributed by atoms with Crippen LogP contribution in [0.3, 0.4) is 0 Å². The molecule has 5 heteroatoms. The molecule has 2 aromatic rings. The van der Waals surface area contributed by atoms with E-state index in [1.807, 2.05) is 30.3 Å². The molecule has 0 saturated carbocycles. The summed E-state index contributed by atoms with van der Waals surface area (Å²) >= 11 is 9.14. The monoisotopic (exact) mass is 436 g/mol. The highest BCUT2D eigenvalue weighted by atomic mass is 79.9. The van der Waals surface area contributed by atoms with Crippen molar-refractivity contribution in [2.24, 2.45) is 11.3 Å². The predicted octanol–water partition coefficient (Wildman–Crippen LogP) is 6.17. The van der Waals surface area contributed by atoms with Crippen molar-refractivity contribution in [2.45, 2.75) is 32.7 Å². The summed E-state index contributed by atoms with van der Waals surface area (Å²) in [5, 5.41) is 12.9. The van der Waals surface area contributed by atoms with Crippen molar-refractivity contribution in [3.63, 3.8) is 0 Å². The first-order valence-electron chi connectivity index (χ1n) is 8.53. The number of rotatable bonds is 1. The number of nitriles is 1. The van der Waals surface area contributed by atoms with Gasteiger partial charge in [0, 0.05) is 23.0 Å². The van der Waals surface area contributed by atoms with Crippen LogP contribution in [0.5, 0.6) is 0 Å². The first kappa shape index (κ1) is 20.9. The molecule has 2 nitrogen and oxygen atoms in total. The zero-order valence-electron chi connectivity index (χ0n) is 15.1. The highest BCUT2D eigenvalue weighted by Crippen LogP contribution is 2.40. The van der Waals surface area contributed by atoms with E-state index >= 15 is 0 Å². The average molecular weight is 438 g/mol. The van der Waals surface area contributed by atoms with Crippen LogP contribution in [0.2, 0.25) is 5.02 Å². The lowest BCUT2D eigenvalue weighted by molar-refractivity contribution is 0.262. The molecule has 0 spiro atoms.